The zero-order valence-corrected chi connectivity index (χ0v) is 10.9. The Balaban J connectivity index is 2.01. The first-order valence-electron chi connectivity index (χ1n) is 5.07. The Hall–Kier alpha value is -1.59. The van der Waals surface area contributed by atoms with Gasteiger partial charge < -0.3 is 9.84 Å². The van der Waals surface area contributed by atoms with Crippen LogP contribution < -0.4 is 5.32 Å². The Bertz CT molecular complexity index is 583. The molecule has 0 aliphatic rings. The van der Waals surface area contributed by atoms with E-state index in [1.165, 1.54) is 12.3 Å². The molecule has 18 heavy (non-hydrogen) atoms. The van der Waals surface area contributed by atoms with Crippen LogP contribution >= 0.6 is 23.2 Å². The molecule has 2 rings (SSSR count). The molecule has 0 saturated carbocycles. The number of nitrogens with one attached hydrogen (secondary N) is 1. The number of aryl methyl sites for hydroxylation is 1. The molecule has 7 heteroatoms. The van der Waals surface area contributed by atoms with E-state index in [4.69, 9.17) is 27.7 Å². The minimum absolute atomic E-state index is 0.167. The summed E-state index contributed by atoms with van der Waals surface area (Å²) in [5.41, 5.74) is 0.985. The first-order valence-corrected chi connectivity index (χ1v) is 5.83. The molecule has 0 aromatic carbocycles. The fourth-order valence-electron chi connectivity index (χ4n) is 1.32. The van der Waals surface area contributed by atoms with Gasteiger partial charge in [0.05, 0.1) is 17.1 Å². The van der Waals surface area contributed by atoms with Gasteiger partial charge in [-0.25, -0.2) is 4.98 Å². The Labute approximate surface area is 113 Å². The van der Waals surface area contributed by atoms with Crippen molar-refractivity contribution >= 4 is 29.1 Å². The van der Waals surface area contributed by atoms with Crippen LogP contribution in [0.3, 0.4) is 0 Å². The third-order valence-corrected chi connectivity index (χ3v) is 2.85. The fraction of sp³-hybridized carbons (Fsp3) is 0.182. The van der Waals surface area contributed by atoms with Crippen molar-refractivity contribution < 1.29 is 9.32 Å². The molecule has 0 unspecified atom stereocenters. The zero-order valence-electron chi connectivity index (χ0n) is 9.41. The maximum atomic E-state index is 11.8. The molecule has 1 N–H and O–H groups in total. The summed E-state index contributed by atoms with van der Waals surface area (Å²) in [5.74, 6) is 0.386. The molecular formula is C11H9Cl2N3O2. The van der Waals surface area contributed by atoms with Crippen LogP contribution in [0.1, 0.15) is 21.8 Å². The number of nitrogens with zero attached hydrogens (tertiary/aromatic N) is 2. The van der Waals surface area contributed by atoms with Crippen LogP contribution in [0.4, 0.5) is 0 Å². The summed E-state index contributed by atoms with van der Waals surface area (Å²) in [6.45, 7) is 2.05. The van der Waals surface area contributed by atoms with Crippen LogP contribution in [0.15, 0.2) is 22.9 Å². The maximum absolute atomic E-state index is 11.8. The normalized spacial score (nSPS) is 10.4. The Morgan fingerprint density at radius 3 is 2.83 bits per heavy atom. The number of carbonyl (C=O) groups is 1. The molecule has 0 spiro atoms. The van der Waals surface area contributed by atoms with E-state index in [0.717, 1.165) is 0 Å². The fourth-order valence-corrected chi connectivity index (χ4v) is 1.59. The molecule has 0 aliphatic carbocycles. The van der Waals surface area contributed by atoms with E-state index in [1.807, 2.05) is 0 Å². The highest BCUT2D eigenvalue weighted by molar-refractivity contribution is 6.41. The molecule has 0 atom stereocenters. The molecule has 1 amide bonds. The number of aromatic nitrogens is 2. The Morgan fingerprint density at radius 1 is 1.44 bits per heavy atom. The minimum Gasteiger partial charge on any atom is -0.361 e. The van der Waals surface area contributed by atoms with Gasteiger partial charge >= 0.3 is 0 Å². The van der Waals surface area contributed by atoms with Crippen molar-refractivity contribution in [3.8, 4) is 0 Å². The monoisotopic (exact) mass is 285 g/mol. The van der Waals surface area contributed by atoms with Crippen molar-refractivity contribution in [3.63, 3.8) is 0 Å². The number of amides is 1. The molecule has 2 aromatic heterocycles. The summed E-state index contributed by atoms with van der Waals surface area (Å²) in [7, 11) is 0. The lowest BCUT2D eigenvalue weighted by atomic mass is 10.2. The molecule has 2 aromatic rings. The smallest absolute Gasteiger partial charge is 0.253 e. The van der Waals surface area contributed by atoms with Gasteiger partial charge in [-0.05, 0) is 13.0 Å². The average molecular weight is 286 g/mol. The molecule has 0 saturated heterocycles. The summed E-state index contributed by atoms with van der Waals surface area (Å²) in [5, 5.41) is 6.84. The predicted octanol–water partition coefficient (Wildman–Crippen LogP) is 2.61. The van der Waals surface area contributed by atoms with Gasteiger partial charge in [0, 0.05) is 12.3 Å². The van der Waals surface area contributed by atoms with Crippen molar-refractivity contribution in [1.29, 1.82) is 0 Å². The topological polar surface area (TPSA) is 68.0 Å². The van der Waals surface area contributed by atoms with Gasteiger partial charge in [-0.3, -0.25) is 4.79 Å². The van der Waals surface area contributed by atoms with E-state index >= 15 is 0 Å². The number of hydrogen-bond donors (Lipinski definition) is 1. The summed E-state index contributed by atoms with van der Waals surface area (Å²) < 4.78 is 4.89. The molecular weight excluding hydrogens is 277 g/mol. The number of pyridine rings is 1. The summed E-state index contributed by atoms with van der Waals surface area (Å²) in [6.07, 6.45) is 1.36. The molecule has 0 radical (unpaired) electrons. The van der Waals surface area contributed by atoms with Crippen LogP contribution in [0.2, 0.25) is 10.2 Å². The number of rotatable bonds is 3. The number of halogens is 2. The minimum atomic E-state index is -0.304. The van der Waals surface area contributed by atoms with Gasteiger partial charge in [0.25, 0.3) is 5.91 Å². The molecule has 2 heterocycles. The van der Waals surface area contributed by atoms with E-state index in [2.05, 4.69) is 15.5 Å². The SMILES string of the molecule is Cc1cc(CNC(=O)c2cnc(Cl)c(Cl)c2)no1. The van der Waals surface area contributed by atoms with Crippen molar-refractivity contribution in [2.75, 3.05) is 0 Å². The second-order valence-corrected chi connectivity index (χ2v) is 4.37. The quantitative estimate of drug-likeness (QED) is 0.881. The molecule has 0 fully saturated rings. The van der Waals surface area contributed by atoms with Crippen molar-refractivity contribution in [2.24, 2.45) is 0 Å². The van der Waals surface area contributed by atoms with E-state index in [0.29, 0.717) is 17.0 Å². The predicted molar refractivity (Wildman–Crippen MR) is 66.7 cm³/mol. The first kappa shape index (κ1) is 12.9. The zero-order chi connectivity index (χ0) is 13.1. The number of hydrogen-bond acceptors (Lipinski definition) is 4. The van der Waals surface area contributed by atoms with Crippen LogP contribution in [0, 0.1) is 6.92 Å². The van der Waals surface area contributed by atoms with Crippen LogP contribution in [-0.4, -0.2) is 16.0 Å². The summed E-state index contributed by atoms with van der Waals surface area (Å²) in [6, 6.07) is 3.20. The van der Waals surface area contributed by atoms with Gasteiger partial charge in [-0.2, -0.15) is 0 Å². The van der Waals surface area contributed by atoms with Crippen molar-refractivity contribution in [2.45, 2.75) is 13.5 Å². The van der Waals surface area contributed by atoms with Crippen LogP contribution in [0.25, 0.3) is 0 Å². The summed E-state index contributed by atoms with van der Waals surface area (Å²) in [4.78, 5) is 15.6. The largest absolute Gasteiger partial charge is 0.361 e. The first-order chi connectivity index (χ1) is 8.56. The molecule has 0 aliphatic heterocycles. The van der Waals surface area contributed by atoms with E-state index in [1.54, 1.807) is 13.0 Å². The highest BCUT2D eigenvalue weighted by atomic mass is 35.5. The number of carbonyl (C=O) groups excluding carboxylic acids is 1. The molecule has 5 nitrogen and oxygen atoms in total. The second kappa shape index (κ2) is 5.37. The lowest BCUT2D eigenvalue weighted by molar-refractivity contribution is 0.0949. The van der Waals surface area contributed by atoms with Gasteiger partial charge in [-0.1, -0.05) is 28.4 Å². The lowest BCUT2D eigenvalue weighted by Gasteiger charge is -2.03. The maximum Gasteiger partial charge on any atom is 0.253 e. The van der Waals surface area contributed by atoms with Gasteiger partial charge in [0.2, 0.25) is 0 Å². The second-order valence-electron chi connectivity index (χ2n) is 3.61. The van der Waals surface area contributed by atoms with Gasteiger partial charge in [0.1, 0.15) is 16.6 Å². The molecule has 0 bridgehead atoms. The van der Waals surface area contributed by atoms with E-state index in [9.17, 15) is 4.79 Å². The third kappa shape index (κ3) is 3.00. The van der Waals surface area contributed by atoms with Crippen LogP contribution in [0.5, 0.6) is 0 Å². The van der Waals surface area contributed by atoms with Gasteiger partial charge in [0.15, 0.2) is 0 Å². The Kier molecular flexibility index (Phi) is 3.84. The summed E-state index contributed by atoms with van der Waals surface area (Å²) >= 11 is 11.4. The van der Waals surface area contributed by atoms with Crippen molar-refractivity contribution in [3.05, 3.63) is 45.5 Å². The van der Waals surface area contributed by atoms with Crippen molar-refractivity contribution in [1.82, 2.24) is 15.5 Å². The van der Waals surface area contributed by atoms with E-state index < -0.39 is 0 Å². The van der Waals surface area contributed by atoms with Crippen LogP contribution in [-0.2, 0) is 6.54 Å². The van der Waals surface area contributed by atoms with Gasteiger partial charge in [-0.15, -0.1) is 0 Å². The lowest BCUT2D eigenvalue weighted by Crippen LogP contribution is -2.23. The highest BCUT2D eigenvalue weighted by Crippen LogP contribution is 2.19. The standard InChI is InChI=1S/C11H9Cl2N3O2/c1-6-2-8(16-18-6)5-15-11(17)7-3-9(12)10(13)14-4-7/h2-4H,5H2,1H3,(H,15,17). The molecule has 94 valence electrons. The van der Waals surface area contributed by atoms with E-state index in [-0.39, 0.29) is 22.6 Å². The average Bonchev–Trinajstić information content (AvgIpc) is 2.75. The Morgan fingerprint density at radius 2 is 2.22 bits per heavy atom. The highest BCUT2D eigenvalue weighted by Gasteiger charge is 2.09. The third-order valence-electron chi connectivity index (χ3n) is 2.17.